The van der Waals surface area contributed by atoms with Crippen LogP contribution in [0.15, 0.2) is 29.8 Å². The first kappa shape index (κ1) is 21.0. The highest BCUT2D eigenvalue weighted by molar-refractivity contribution is 7.09. The number of rotatable bonds is 10. The number of benzene rings is 1. The van der Waals surface area contributed by atoms with Crippen LogP contribution in [0.4, 0.5) is 0 Å². The molecule has 1 unspecified atom stereocenters. The molecule has 154 valence electrons. The maximum absolute atomic E-state index is 10.4. The summed E-state index contributed by atoms with van der Waals surface area (Å²) in [5.74, 6) is 1.37. The second-order valence-electron chi connectivity index (χ2n) is 7.41. The minimum Gasteiger partial charge on any atom is -0.493 e. The van der Waals surface area contributed by atoms with E-state index in [4.69, 9.17) is 9.47 Å². The molecule has 1 aromatic carbocycles. The van der Waals surface area contributed by atoms with Crippen LogP contribution in [0.2, 0.25) is 0 Å². The highest BCUT2D eigenvalue weighted by atomic mass is 32.1. The molecule has 2 aromatic rings. The number of hydrogen-bond acceptors (Lipinski definition) is 7. The maximum atomic E-state index is 10.4. The normalized spacial score (nSPS) is 16.3. The Bertz CT molecular complexity index is 705. The Morgan fingerprint density at radius 1 is 1.21 bits per heavy atom. The second-order valence-corrected chi connectivity index (χ2v) is 8.39. The van der Waals surface area contributed by atoms with E-state index in [0.717, 1.165) is 36.8 Å². The predicted molar refractivity (Wildman–Crippen MR) is 112 cm³/mol. The number of aliphatic hydroxyl groups is 1. The zero-order chi connectivity index (χ0) is 19.8. The first-order valence-electron chi connectivity index (χ1n) is 9.91. The molecule has 1 N–H and O–H groups in total. The zero-order valence-electron chi connectivity index (χ0n) is 16.8. The van der Waals surface area contributed by atoms with Crippen LogP contribution in [-0.2, 0) is 13.1 Å². The van der Waals surface area contributed by atoms with E-state index < -0.39 is 6.10 Å². The smallest absolute Gasteiger partial charge is 0.161 e. The van der Waals surface area contributed by atoms with Gasteiger partial charge in [-0.25, -0.2) is 4.98 Å². The minimum absolute atomic E-state index is 0.269. The zero-order valence-corrected chi connectivity index (χ0v) is 17.7. The summed E-state index contributed by atoms with van der Waals surface area (Å²) < 4.78 is 11.4. The molecule has 0 amide bonds. The van der Waals surface area contributed by atoms with Crippen LogP contribution in [0.3, 0.4) is 0 Å². The van der Waals surface area contributed by atoms with Gasteiger partial charge in [0, 0.05) is 24.7 Å². The Balaban J connectivity index is 1.54. The van der Waals surface area contributed by atoms with Crippen molar-refractivity contribution in [2.24, 2.45) is 0 Å². The molecule has 1 aliphatic heterocycles. The Kier molecular flexibility index (Phi) is 8.09. The number of aliphatic hydroxyl groups excluding tert-OH is 1. The summed E-state index contributed by atoms with van der Waals surface area (Å²) in [4.78, 5) is 8.88. The Hall–Kier alpha value is -1.67. The van der Waals surface area contributed by atoms with Gasteiger partial charge in [-0.05, 0) is 50.7 Å². The summed E-state index contributed by atoms with van der Waals surface area (Å²) >= 11 is 1.67. The lowest BCUT2D eigenvalue weighted by Gasteiger charge is -2.28. The first-order chi connectivity index (χ1) is 13.6. The van der Waals surface area contributed by atoms with Crippen molar-refractivity contribution >= 4 is 11.3 Å². The third kappa shape index (κ3) is 6.44. The van der Waals surface area contributed by atoms with Crippen LogP contribution in [0, 0.1) is 0 Å². The van der Waals surface area contributed by atoms with Gasteiger partial charge in [-0.3, -0.25) is 4.90 Å². The van der Waals surface area contributed by atoms with Gasteiger partial charge in [0.1, 0.15) is 17.7 Å². The fraction of sp³-hybridized carbons (Fsp3) is 0.571. The average Bonchev–Trinajstić information content (AvgIpc) is 3.20. The van der Waals surface area contributed by atoms with Crippen molar-refractivity contribution in [2.75, 3.05) is 40.4 Å². The molecule has 1 atom stereocenters. The lowest BCUT2D eigenvalue weighted by atomic mass is 10.1. The van der Waals surface area contributed by atoms with Gasteiger partial charge < -0.3 is 19.5 Å². The SMILES string of the molecule is COc1ccc(CN(C)Cc2nccs2)cc1OCC(O)CN1CCCCC1. The summed E-state index contributed by atoms with van der Waals surface area (Å²) in [6.45, 7) is 4.68. The highest BCUT2D eigenvalue weighted by Crippen LogP contribution is 2.29. The molecule has 0 spiro atoms. The van der Waals surface area contributed by atoms with Crippen LogP contribution in [0.25, 0.3) is 0 Å². The van der Waals surface area contributed by atoms with E-state index in [-0.39, 0.29) is 6.61 Å². The van der Waals surface area contributed by atoms with Gasteiger partial charge in [0.25, 0.3) is 0 Å². The van der Waals surface area contributed by atoms with Gasteiger partial charge in [-0.15, -0.1) is 11.3 Å². The molecule has 7 heteroatoms. The maximum Gasteiger partial charge on any atom is 0.161 e. The standard InChI is InChI=1S/C21H31N3O3S/c1-23(15-21-22-8-11-28-21)13-17-6-7-19(26-2)20(12-17)27-16-18(25)14-24-9-4-3-5-10-24/h6-8,11-12,18,25H,3-5,9-10,13-16H2,1-2H3. The molecule has 1 fully saturated rings. The van der Waals surface area contributed by atoms with Crippen molar-refractivity contribution in [3.05, 3.63) is 40.3 Å². The van der Waals surface area contributed by atoms with Crippen molar-refractivity contribution in [2.45, 2.75) is 38.5 Å². The summed E-state index contributed by atoms with van der Waals surface area (Å²) in [6.07, 6.45) is 5.07. The van der Waals surface area contributed by atoms with Gasteiger partial charge in [0.15, 0.2) is 11.5 Å². The van der Waals surface area contributed by atoms with Crippen LogP contribution in [0.5, 0.6) is 11.5 Å². The monoisotopic (exact) mass is 405 g/mol. The van der Waals surface area contributed by atoms with Crippen molar-refractivity contribution in [1.29, 1.82) is 0 Å². The second kappa shape index (κ2) is 10.8. The molecule has 28 heavy (non-hydrogen) atoms. The van der Waals surface area contributed by atoms with Crippen molar-refractivity contribution in [3.8, 4) is 11.5 Å². The van der Waals surface area contributed by atoms with Gasteiger partial charge in [-0.1, -0.05) is 12.5 Å². The van der Waals surface area contributed by atoms with Crippen LogP contribution in [-0.4, -0.2) is 66.4 Å². The first-order valence-corrected chi connectivity index (χ1v) is 10.8. The number of ether oxygens (including phenoxy) is 2. The summed E-state index contributed by atoms with van der Waals surface area (Å²) in [5.41, 5.74) is 1.14. The fourth-order valence-electron chi connectivity index (χ4n) is 3.54. The van der Waals surface area contributed by atoms with Crippen LogP contribution in [0.1, 0.15) is 29.8 Å². The Labute approximate surface area is 171 Å². The van der Waals surface area contributed by atoms with Crippen LogP contribution < -0.4 is 9.47 Å². The van der Waals surface area contributed by atoms with Gasteiger partial charge in [0.2, 0.25) is 0 Å². The Morgan fingerprint density at radius 2 is 2.04 bits per heavy atom. The van der Waals surface area contributed by atoms with Gasteiger partial charge >= 0.3 is 0 Å². The largest absolute Gasteiger partial charge is 0.493 e. The Morgan fingerprint density at radius 3 is 2.75 bits per heavy atom. The molecule has 1 aliphatic rings. The number of aromatic nitrogens is 1. The number of thiazole rings is 1. The lowest BCUT2D eigenvalue weighted by molar-refractivity contribution is 0.0608. The summed E-state index contributed by atoms with van der Waals surface area (Å²) in [6, 6.07) is 5.98. The van der Waals surface area contributed by atoms with Gasteiger partial charge in [0.05, 0.1) is 13.7 Å². The molecular formula is C21H31N3O3S. The van der Waals surface area contributed by atoms with Crippen molar-refractivity contribution in [1.82, 2.24) is 14.8 Å². The number of piperidine rings is 1. The molecule has 0 aliphatic carbocycles. The van der Waals surface area contributed by atoms with Crippen LogP contribution >= 0.6 is 11.3 Å². The molecule has 3 rings (SSSR count). The number of β-amino-alcohol motifs (C(OH)–C–C–N with tert-alkyl or cyclic N) is 1. The quantitative estimate of drug-likeness (QED) is 0.656. The lowest BCUT2D eigenvalue weighted by Crippen LogP contribution is -2.38. The molecular weight excluding hydrogens is 374 g/mol. The molecule has 1 aromatic heterocycles. The van der Waals surface area contributed by atoms with Crippen molar-refractivity contribution in [3.63, 3.8) is 0 Å². The van der Waals surface area contributed by atoms with E-state index in [1.807, 2.05) is 29.8 Å². The van der Waals surface area contributed by atoms with Crippen molar-refractivity contribution < 1.29 is 14.6 Å². The number of methoxy groups -OCH3 is 1. The minimum atomic E-state index is -0.501. The highest BCUT2D eigenvalue weighted by Gasteiger charge is 2.16. The average molecular weight is 406 g/mol. The molecule has 0 bridgehead atoms. The molecule has 6 nitrogen and oxygen atoms in total. The van der Waals surface area contributed by atoms with E-state index in [0.29, 0.717) is 18.0 Å². The number of likely N-dealkylation sites (tertiary alicyclic amines) is 1. The fourth-order valence-corrected chi connectivity index (χ4v) is 4.24. The third-order valence-electron chi connectivity index (χ3n) is 4.92. The van der Waals surface area contributed by atoms with E-state index in [1.54, 1.807) is 18.4 Å². The van der Waals surface area contributed by atoms with E-state index in [9.17, 15) is 5.11 Å². The van der Waals surface area contributed by atoms with Gasteiger partial charge in [-0.2, -0.15) is 0 Å². The topological polar surface area (TPSA) is 58.1 Å². The molecule has 1 saturated heterocycles. The third-order valence-corrected chi connectivity index (χ3v) is 5.68. The predicted octanol–water partition coefficient (Wildman–Crippen LogP) is 3.01. The molecule has 0 saturated carbocycles. The molecule has 2 heterocycles. The van der Waals surface area contributed by atoms with E-state index in [2.05, 4.69) is 21.8 Å². The summed E-state index contributed by atoms with van der Waals surface area (Å²) in [5, 5.41) is 13.5. The van der Waals surface area contributed by atoms with E-state index >= 15 is 0 Å². The molecule has 0 radical (unpaired) electrons. The number of nitrogens with zero attached hydrogens (tertiary/aromatic N) is 3. The summed E-state index contributed by atoms with van der Waals surface area (Å²) in [7, 11) is 3.72. The number of hydrogen-bond donors (Lipinski definition) is 1. The van der Waals surface area contributed by atoms with E-state index in [1.165, 1.54) is 19.3 Å².